The van der Waals surface area contributed by atoms with Gasteiger partial charge in [-0.3, -0.25) is 9.69 Å². The van der Waals surface area contributed by atoms with E-state index in [-0.39, 0.29) is 27.4 Å². The van der Waals surface area contributed by atoms with Gasteiger partial charge in [0.05, 0.1) is 11.1 Å². The van der Waals surface area contributed by atoms with Crippen molar-refractivity contribution < 1.29 is 13.2 Å². The van der Waals surface area contributed by atoms with Crippen molar-refractivity contribution in [3.63, 3.8) is 0 Å². The van der Waals surface area contributed by atoms with Crippen LogP contribution in [0, 0.1) is 17.8 Å². The monoisotopic (exact) mass is 465 g/mol. The van der Waals surface area contributed by atoms with Gasteiger partial charge in [-0.05, 0) is 75.3 Å². The SMILES string of the molecule is C[C@H](C(=O)NC12CC3CC(CC(C3)C1)C2)N1CCN(S(=O)(=O)c2ccccc2Cl)CC1. The lowest BCUT2D eigenvalue weighted by Gasteiger charge is -2.57. The van der Waals surface area contributed by atoms with Gasteiger partial charge in [0.25, 0.3) is 0 Å². The molecule has 5 fully saturated rings. The van der Waals surface area contributed by atoms with Crippen molar-refractivity contribution in [2.24, 2.45) is 17.8 Å². The Kier molecular flexibility index (Phi) is 5.60. The number of amides is 1. The summed E-state index contributed by atoms with van der Waals surface area (Å²) in [5.41, 5.74) is 0.00924. The van der Waals surface area contributed by atoms with E-state index in [2.05, 4.69) is 10.2 Å². The van der Waals surface area contributed by atoms with Gasteiger partial charge in [-0.25, -0.2) is 8.42 Å². The molecule has 0 radical (unpaired) electrons. The Labute approximate surface area is 190 Å². The number of nitrogens with one attached hydrogen (secondary N) is 1. The van der Waals surface area contributed by atoms with Crippen LogP contribution < -0.4 is 5.32 Å². The van der Waals surface area contributed by atoms with Crippen LogP contribution in [0.3, 0.4) is 0 Å². The number of halogens is 1. The smallest absolute Gasteiger partial charge is 0.244 e. The molecule has 1 atom stereocenters. The molecule has 6 nitrogen and oxygen atoms in total. The molecule has 5 aliphatic rings. The van der Waals surface area contributed by atoms with Crippen LogP contribution in [0.5, 0.6) is 0 Å². The van der Waals surface area contributed by atoms with Gasteiger partial charge in [-0.2, -0.15) is 4.31 Å². The van der Waals surface area contributed by atoms with E-state index in [1.807, 2.05) is 6.92 Å². The van der Waals surface area contributed by atoms with Gasteiger partial charge in [0.15, 0.2) is 0 Å². The number of nitrogens with zero attached hydrogens (tertiary/aromatic N) is 2. The summed E-state index contributed by atoms with van der Waals surface area (Å²) < 4.78 is 27.4. The fourth-order valence-electron chi connectivity index (χ4n) is 6.92. The second-order valence-corrected chi connectivity index (χ2v) is 12.5. The fourth-order valence-corrected chi connectivity index (χ4v) is 8.84. The number of carbonyl (C=O) groups is 1. The predicted molar refractivity (Wildman–Crippen MR) is 120 cm³/mol. The zero-order chi connectivity index (χ0) is 21.8. The Morgan fingerprint density at radius 1 is 1.03 bits per heavy atom. The van der Waals surface area contributed by atoms with E-state index in [9.17, 15) is 13.2 Å². The molecule has 1 amide bonds. The van der Waals surface area contributed by atoms with E-state index in [1.165, 1.54) is 23.6 Å². The molecule has 4 saturated carbocycles. The third-order valence-electron chi connectivity index (χ3n) is 8.08. The average molecular weight is 466 g/mol. The first kappa shape index (κ1) is 21.7. The molecule has 1 saturated heterocycles. The minimum atomic E-state index is -3.62. The molecule has 0 unspecified atom stereocenters. The van der Waals surface area contributed by atoms with Crippen LogP contribution in [0.15, 0.2) is 29.2 Å². The van der Waals surface area contributed by atoms with E-state index >= 15 is 0 Å². The maximum atomic E-state index is 13.2. The summed E-state index contributed by atoms with van der Waals surface area (Å²) in [7, 11) is -3.62. The summed E-state index contributed by atoms with van der Waals surface area (Å²) in [6, 6.07) is 6.31. The molecule has 0 spiro atoms. The highest BCUT2D eigenvalue weighted by molar-refractivity contribution is 7.89. The lowest BCUT2D eigenvalue weighted by atomic mass is 9.53. The molecule has 1 N–H and O–H groups in total. The molecule has 4 bridgehead atoms. The van der Waals surface area contributed by atoms with Crippen LogP contribution >= 0.6 is 11.6 Å². The third kappa shape index (κ3) is 4.03. The highest BCUT2D eigenvalue weighted by Gasteiger charge is 2.52. The summed E-state index contributed by atoms with van der Waals surface area (Å²) >= 11 is 6.13. The molecular formula is C23H32ClN3O3S. The van der Waals surface area contributed by atoms with Crippen molar-refractivity contribution in [1.29, 1.82) is 0 Å². The Balaban J connectivity index is 1.20. The minimum absolute atomic E-state index is 0.00924. The molecule has 4 aliphatic carbocycles. The Morgan fingerprint density at radius 2 is 1.58 bits per heavy atom. The topological polar surface area (TPSA) is 69.7 Å². The van der Waals surface area contributed by atoms with E-state index < -0.39 is 10.0 Å². The van der Waals surface area contributed by atoms with Crippen LogP contribution in [-0.4, -0.2) is 61.3 Å². The number of piperazine rings is 1. The molecule has 170 valence electrons. The van der Waals surface area contributed by atoms with Crippen molar-refractivity contribution in [1.82, 2.24) is 14.5 Å². The number of rotatable bonds is 5. The molecule has 31 heavy (non-hydrogen) atoms. The van der Waals surface area contributed by atoms with Gasteiger partial charge < -0.3 is 5.32 Å². The minimum Gasteiger partial charge on any atom is -0.349 e. The highest BCUT2D eigenvalue weighted by atomic mass is 35.5. The molecule has 0 aromatic heterocycles. The maximum absolute atomic E-state index is 13.2. The van der Waals surface area contributed by atoms with Gasteiger partial charge in [0.1, 0.15) is 4.90 Å². The number of hydrogen-bond donors (Lipinski definition) is 1. The fraction of sp³-hybridized carbons (Fsp3) is 0.696. The van der Waals surface area contributed by atoms with Crippen molar-refractivity contribution in [3.8, 4) is 0 Å². The van der Waals surface area contributed by atoms with Crippen molar-refractivity contribution in [2.75, 3.05) is 26.2 Å². The summed E-state index contributed by atoms with van der Waals surface area (Å²) in [5, 5.41) is 3.71. The molecule has 6 rings (SSSR count). The van der Waals surface area contributed by atoms with Crippen LogP contribution in [0.25, 0.3) is 0 Å². The lowest BCUT2D eigenvalue weighted by molar-refractivity contribution is -0.132. The van der Waals surface area contributed by atoms with E-state index in [0.29, 0.717) is 26.2 Å². The highest BCUT2D eigenvalue weighted by Crippen LogP contribution is 2.55. The zero-order valence-corrected chi connectivity index (χ0v) is 19.7. The number of benzene rings is 1. The van der Waals surface area contributed by atoms with E-state index in [0.717, 1.165) is 37.0 Å². The summed E-state index contributed by atoms with van der Waals surface area (Å²) in [4.78, 5) is 15.4. The first-order valence-corrected chi connectivity index (χ1v) is 13.4. The second-order valence-electron chi connectivity index (χ2n) is 10.2. The summed E-state index contributed by atoms with van der Waals surface area (Å²) in [6.07, 6.45) is 7.48. The number of carbonyl (C=O) groups excluding carboxylic acids is 1. The second kappa shape index (κ2) is 8.01. The van der Waals surface area contributed by atoms with Gasteiger partial charge in [0.2, 0.25) is 15.9 Å². The van der Waals surface area contributed by atoms with E-state index in [1.54, 1.807) is 24.3 Å². The quantitative estimate of drug-likeness (QED) is 0.725. The van der Waals surface area contributed by atoms with Crippen LogP contribution in [0.2, 0.25) is 5.02 Å². The Morgan fingerprint density at radius 3 is 2.13 bits per heavy atom. The molecular weight excluding hydrogens is 434 g/mol. The zero-order valence-electron chi connectivity index (χ0n) is 18.1. The number of sulfonamides is 1. The van der Waals surface area contributed by atoms with Gasteiger partial charge in [0, 0.05) is 31.7 Å². The Hall–Kier alpha value is -1.15. The predicted octanol–water partition coefficient (Wildman–Crippen LogP) is 3.12. The lowest BCUT2D eigenvalue weighted by Crippen LogP contribution is -2.63. The largest absolute Gasteiger partial charge is 0.349 e. The van der Waals surface area contributed by atoms with Crippen molar-refractivity contribution in [3.05, 3.63) is 29.3 Å². The maximum Gasteiger partial charge on any atom is 0.244 e. The molecule has 1 aromatic rings. The van der Waals surface area contributed by atoms with Crippen LogP contribution in [0.4, 0.5) is 0 Å². The number of hydrogen-bond acceptors (Lipinski definition) is 4. The molecule has 8 heteroatoms. The first-order valence-electron chi connectivity index (χ1n) is 11.6. The van der Waals surface area contributed by atoms with Gasteiger partial charge in [-0.15, -0.1) is 0 Å². The molecule has 1 heterocycles. The third-order valence-corrected chi connectivity index (χ3v) is 10.5. The normalized spacial score (nSPS) is 34.6. The van der Waals surface area contributed by atoms with Crippen LogP contribution in [-0.2, 0) is 14.8 Å². The standard InChI is InChI=1S/C23H32ClN3O3S/c1-16(22(28)25-23-13-17-10-18(14-23)12-19(11-17)15-23)26-6-8-27(9-7-26)31(29,30)21-5-3-2-4-20(21)24/h2-5,16-19H,6-15H2,1H3,(H,25,28)/t16-,17?,18?,19?,23?/m1/s1. The average Bonchev–Trinajstić information content (AvgIpc) is 2.72. The first-order chi connectivity index (χ1) is 14.8. The summed E-state index contributed by atoms with van der Waals surface area (Å²) in [6.45, 7) is 3.76. The van der Waals surface area contributed by atoms with Gasteiger partial charge >= 0.3 is 0 Å². The van der Waals surface area contributed by atoms with Crippen LogP contribution in [0.1, 0.15) is 45.4 Å². The van der Waals surface area contributed by atoms with Gasteiger partial charge in [-0.1, -0.05) is 23.7 Å². The van der Waals surface area contributed by atoms with Crippen molar-refractivity contribution >= 4 is 27.5 Å². The molecule has 1 aliphatic heterocycles. The van der Waals surface area contributed by atoms with Crippen molar-refractivity contribution in [2.45, 2.75) is 61.9 Å². The summed E-state index contributed by atoms with van der Waals surface area (Å²) in [5.74, 6) is 2.48. The van der Waals surface area contributed by atoms with E-state index in [4.69, 9.17) is 11.6 Å². The molecule has 1 aromatic carbocycles. The Bertz CT molecular complexity index is 923.